The Kier molecular flexibility index (Phi) is 5.02. The van der Waals surface area contributed by atoms with Gasteiger partial charge in [0, 0.05) is 23.4 Å². The summed E-state index contributed by atoms with van der Waals surface area (Å²) in [4.78, 5) is 20.4. The van der Waals surface area contributed by atoms with E-state index in [1.807, 2.05) is 18.4 Å². The number of pyridine rings is 1. The van der Waals surface area contributed by atoms with Crippen LogP contribution >= 0.6 is 11.6 Å². The molecule has 2 N–H and O–H groups in total. The predicted molar refractivity (Wildman–Crippen MR) is 104 cm³/mol. The fraction of sp³-hybridized carbons (Fsp3) is 0.263. The highest BCUT2D eigenvalue weighted by molar-refractivity contribution is 6.32. The number of aromatic nitrogens is 3. The molecule has 3 aromatic rings. The van der Waals surface area contributed by atoms with Gasteiger partial charge in [0.05, 0.1) is 23.2 Å². The number of halogens is 1. The second-order valence-corrected chi connectivity index (χ2v) is 6.45. The fourth-order valence-electron chi connectivity index (χ4n) is 3.15. The minimum absolute atomic E-state index is 0.130. The van der Waals surface area contributed by atoms with Crippen LogP contribution in [0, 0.1) is 18.3 Å². The summed E-state index contributed by atoms with van der Waals surface area (Å²) < 4.78 is 7.64. The van der Waals surface area contributed by atoms with Crippen LogP contribution in [0.2, 0.25) is 5.02 Å². The van der Waals surface area contributed by atoms with Crippen molar-refractivity contribution in [3.63, 3.8) is 0 Å². The Labute approximate surface area is 161 Å². The molecule has 1 aromatic carbocycles. The number of ether oxygens (including phenoxy) is 1. The molecule has 27 heavy (non-hydrogen) atoms. The Hall–Kier alpha value is -3.11. The molecule has 2 heterocycles. The van der Waals surface area contributed by atoms with Gasteiger partial charge >= 0.3 is 0 Å². The van der Waals surface area contributed by atoms with Gasteiger partial charge in [0.15, 0.2) is 5.43 Å². The number of nitrogen functional groups attached to an aromatic ring is 1. The highest BCUT2D eigenvalue weighted by Gasteiger charge is 2.22. The Bertz CT molecular complexity index is 1130. The number of nitrogens with two attached hydrogens (primary N) is 1. The third-order valence-corrected chi connectivity index (χ3v) is 4.80. The molecular formula is C19H18ClN5O2. The van der Waals surface area contributed by atoms with Crippen LogP contribution in [0.1, 0.15) is 36.6 Å². The maximum absolute atomic E-state index is 12.2. The van der Waals surface area contributed by atoms with E-state index >= 15 is 0 Å². The van der Waals surface area contributed by atoms with E-state index < -0.39 is 0 Å². The average molecular weight is 384 g/mol. The van der Waals surface area contributed by atoms with Crippen LogP contribution in [0.25, 0.3) is 11.0 Å². The molecule has 0 bridgehead atoms. The van der Waals surface area contributed by atoms with Crippen molar-refractivity contribution in [3.8, 4) is 11.8 Å². The maximum Gasteiger partial charge on any atom is 0.194 e. The topological polar surface area (TPSA) is 107 Å². The number of benzene rings is 1. The summed E-state index contributed by atoms with van der Waals surface area (Å²) in [6.45, 7) is 6.04. The molecule has 1 atom stereocenters. The fourth-order valence-corrected chi connectivity index (χ4v) is 3.45. The highest BCUT2D eigenvalue weighted by atomic mass is 35.5. The number of hydrogen-bond donors (Lipinski definition) is 1. The van der Waals surface area contributed by atoms with Crippen molar-refractivity contribution in [2.45, 2.75) is 26.8 Å². The summed E-state index contributed by atoms with van der Waals surface area (Å²) in [5.74, 6) is 0.727. The molecule has 2 aromatic heterocycles. The van der Waals surface area contributed by atoms with Gasteiger partial charge in [0.2, 0.25) is 0 Å². The number of fused-ring (bicyclic) bond motifs is 1. The molecule has 0 radical (unpaired) electrons. The van der Waals surface area contributed by atoms with Crippen molar-refractivity contribution < 1.29 is 4.74 Å². The first-order valence-corrected chi connectivity index (χ1v) is 8.75. The largest absolute Gasteiger partial charge is 0.493 e. The molecule has 0 saturated carbocycles. The maximum atomic E-state index is 12.2. The normalized spacial score (nSPS) is 12.0. The third kappa shape index (κ3) is 3.09. The summed E-state index contributed by atoms with van der Waals surface area (Å²) in [5.41, 5.74) is 7.89. The third-order valence-electron chi connectivity index (χ3n) is 4.50. The molecule has 0 spiro atoms. The highest BCUT2D eigenvalue weighted by Crippen LogP contribution is 2.37. The zero-order chi connectivity index (χ0) is 19.7. The van der Waals surface area contributed by atoms with Crippen LogP contribution in [-0.2, 0) is 0 Å². The van der Waals surface area contributed by atoms with Crippen molar-refractivity contribution in [2.24, 2.45) is 0 Å². The number of rotatable bonds is 4. The summed E-state index contributed by atoms with van der Waals surface area (Å²) in [5, 5.41) is 9.99. The molecule has 0 aliphatic rings. The predicted octanol–water partition coefficient (Wildman–Crippen LogP) is 3.22. The van der Waals surface area contributed by atoms with Crippen LogP contribution < -0.4 is 15.9 Å². The minimum Gasteiger partial charge on any atom is -0.493 e. The summed E-state index contributed by atoms with van der Waals surface area (Å²) in [6, 6.07) is 4.98. The van der Waals surface area contributed by atoms with Crippen molar-refractivity contribution in [2.75, 3.05) is 12.3 Å². The zero-order valence-corrected chi connectivity index (χ0v) is 15.9. The quantitative estimate of drug-likeness (QED) is 0.741. The second kappa shape index (κ2) is 7.25. The molecule has 1 unspecified atom stereocenters. The molecule has 0 saturated heterocycles. The zero-order valence-electron chi connectivity index (χ0n) is 15.2. The number of hydrogen-bond acceptors (Lipinski definition) is 6. The molecule has 0 aliphatic heterocycles. The monoisotopic (exact) mass is 383 g/mol. The summed E-state index contributed by atoms with van der Waals surface area (Å²) in [6.07, 6.45) is 2.97. The number of nitriles is 1. The average Bonchev–Trinajstić information content (AvgIpc) is 2.64. The van der Waals surface area contributed by atoms with Gasteiger partial charge in [0.1, 0.15) is 35.0 Å². The first-order valence-electron chi connectivity index (χ1n) is 8.37. The van der Waals surface area contributed by atoms with E-state index in [1.165, 1.54) is 12.4 Å². The van der Waals surface area contributed by atoms with Crippen LogP contribution in [-0.4, -0.2) is 21.1 Å². The second-order valence-electron chi connectivity index (χ2n) is 6.04. The van der Waals surface area contributed by atoms with Crippen LogP contribution in [0.15, 0.2) is 29.5 Å². The van der Waals surface area contributed by atoms with Crippen molar-refractivity contribution >= 4 is 28.5 Å². The molecule has 0 aliphatic carbocycles. The lowest BCUT2D eigenvalue weighted by Gasteiger charge is -2.23. The van der Waals surface area contributed by atoms with Crippen molar-refractivity contribution in [1.82, 2.24) is 14.5 Å². The lowest BCUT2D eigenvalue weighted by molar-refractivity contribution is 0.331. The van der Waals surface area contributed by atoms with Crippen LogP contribution in [0.3, 0.4) is 0 Å². The van der Waals surface area contributed by atoms with E-state index in [1.54, 1.807) is 19.2 Å². The van der Waals surface area contributed by atoms with E-state index in [4.69, 9.17) is 22.1 Å². The van der Waals surface area contributed by atoms with Crippen LogP contribution in [0.5, 0.6) is 5.75 Å². The lowest BCUT2D eigenvalue weighted by atomic mass is 9.99. The molecule has 138 valence electrons. The minimum atomic E-state index is -0.284. The Morgan fingerprint density at radius 1 is 1.44 bits per heavy atom. The van der Waals surface area contributed by atoms with E-state index in [0.29, 0.717) is 34.2 Å². The van der Waals surface area contributed by atoms with Gasteiger partial charge in [-0.3, -0.25) is 4.79 Å². The van der Waals surface area contributed by atoms with Gasteiger partial charge in [-0.2, -0.15) is 5.26 Å². The Morgan fingerprint density at radius 2 is 2.19 bits per heavy atom. The van der Waals surface area contributed by atoms with Gasteiger partial charge in [-0.15, -0.1) is 0 Å². The smallest absolute Gasteiger partial charge is 0.194 e. The van der Waals surface area contributed by atoms with Gasteiger partial charge < -0.3 is 15.0 Å². The molecule has 8 heteroatoms. The molecule has 3 rings (SSSR count). The molecular weight excluding hydrogens is 366 g/mol. The SMILES string of the molecule is CCOc1c(C(C)n2ccc(=O)c3c(N)ncnc32)cc(Cl)c(C#N)c1C. The summed E-state index contributed by atoms with van der Waals surface area (Å²) in [7, 11) is 0. The Morgan fingerprint density at radius 3 is 2.85 bits per heavy atom. The molecule has 0 fully saturated rings. The van der Waals surface area contributed by atoms with E-state index in [9.17, 15) is 10.1 Å². The molecule has 7 nitrogen and oxygen atoms in total. The lowest BCUT2D eigenvalue weighted by Crippen LogP contribution is -2.17. The first kappa shape index (κ1) is 18.7. The van der Waals surface area contributed by atoms with E-state index in [-0.39, 0.29) is 22.7 Å². The van der Waals surface area contributed by atoms with Crippen molar-refractivity contribution in [3.05, 3.63) is 56.6 Å². The summed E-state index contributed by atoms with van der Waals surface area (Å²) >= 11 is 6.32. The van der Waals surface area contributed by atoms with E-state index in [2.05, 4.69) is 16.0 Å². The Balaban J connectivity index is 2.29. The van der Waals surface area contributed by atoms with Gasteiger partial charge in [-0.05, 0) is 26.8 Å². The van der Waals surface area contributed by atoms with Gasteiger partial charge in [-0.25, -0.2) is 9.97 Å². The van der Waals surface area contributed by atoms with Gasteiger partial charge in [-0.1, -0.05) is 11.6 Å². The number of nitrogens with zero attached hydrogens (tertiary/aromatic N) is 4. The van der Waals surface area contributed by atoms with E-state index in [0.717, 1.165) is 5.56 Å². The standard InChI is InChI=1S/C19H18ClN5O2/c1-4-27-17-10(2)13(8-21)14(20)7-12(17)11(3)25-6-5-15(26)16-18(22)23-9-24-19(16)25/h5-7,9,11H,4H2,1-3H3,(H2,22,23,24). The van der Waals surface area contributed by atoms with Gasteiger partial charge in [0.25, 0.3) is 0 Å². The molecule has 0 amide bonds. The van der Waals surface area contributed by atoms with Crippen LogP contribution in [0.4, 0.5) is 5.82 Å². The number of anilines is 1. The van der Waals surface area contributed by atoms with Crippen molar-refractivity contribution in [1.29, 1.82) is 5.26 Å². The first-order chi connectivity index (χ1) is 12.9.